The lowest BCUT2D eigenvalue weighted by Gasteiger charge is -2.10. The van der Waals surface area contributed by atoms with Crippen LogP contribution in [0.2, 0.25) is 0 Å². The van der Waals surface area contributed by atoms with Gasteiger partial charge in [0.15, 0.2) is 0 Å². The van der Waals surface area contributed by atoms with Crippen molar-refractivity contribution in [3.8, 4) is 0 Å². The Balaban J connectivity index is 1.95. The molecule has 0 aliphatic rings. The molecule has 0 saturated heterocycles. The van der Waals surface area contributed by atoms with Crippen molar-refractivity contribution < 1.29 is 0 Å². The van der Waals surface area contributed by atoms with Crippen LogP contribution in [-0.2, 0) is 11.1 Å². The standard InChI is InChI=1S/C12H13N3S/c13-16(14-11-7-3-1-4-8-11)15-12-9-5-2-6-10-12/h1-10H,(H3,13,14,15). The Kier molecular flexibility index (Phi) is 3.56. The zero-order valence-electron chi connectivity index (χ0n) is 8.68. The summed E-state index contributed by atoms with van der Waals surface area (Å²) in [5.74, 6) is 0. The first kappa shape index (κ1) is 10.7. The number of anilines is 2. The molecular formula is C12H13N3S. The van der Waals surface area contributed by atoms with E-state index in [4.69, 9.17) is 4.78 Å². The second kappa shape index (κ2) is 5.32. The van der Waals surface area contributed by atoms with E-state index < -0.39 is 11.1 Å². The lowest BCUT2D eigenvalue weighted by molar-refractivity contribution is 1.58. The van der Waals surface area contributed by atoms with Gasteiger partial charge < -0.3 is 9.44 Å². The molecule has 0 radical (unpaired) electrons. The molecule has 0 spiro atoms. The summed E-state index contributed by atoms with van der Waals surface area (Å²) in [6, 6.07) is 19.5. The fraction of sp³-hybridized carbons (Fsp3) is 0. The molecule has 0 aliphatic carbocycles. The maximum atomic E-state index is 7.85. The van der Waals surface area contributed by atoms with Crippen molar-refractivity contribution in [2.75, 3.05) is 9.44 Å². The van der Waals surface area contributed by atoms with Crippen LogP contribution in [0, 0.1) is 4.78 Å². The van der Waals surface area contributed by atoms with Crippen molar-refractivity contribution in [2.24, 2.45) is 0 Å². The smallest absolute Gasteiger partial charge is 0.0905 e. The molecule has 0 aliphatic heterocycles. The topological polar surface area (TPSA) is 47.9 Å². The summed E-state index contributed by atoms with van der Waals surface area (Å²) in [5.41, 5.74) is 1.90. The molecular weight excluding hydrogens is 218 g/mol. The second-order valence-corrected chi connectivity index (χ2v) is 4.26. The zero-order valence-corrected chi connectivity index (χ0v) is 9.50. The number of para-hydroxylation sites is 2. The van der Waals surface area contributed by atoms with Crippen LogP contribution in [-0.4, -0.2) is 0 Å². The van der Waals surface area contributed by atoms with Crippen molar-refractivity contribution in [3.63, 3.8) is 0 Å². The fourth-order valence-electron chi connectivity index (χ4n) is 1.27. The third-order valence-electron chi connectivity index (χ3n) is 1.99. The molecule has 0 heterocycles. The number of rotatable bonds is 4. The monoisotopic (exact) mass is 231 g/mol. The highest BCUT2D eigenvalue weighted by Gasteiger charge is 1.95. The van der Waals surface area contributed by atoms with E-state index in [1.807, 2.05) is 60.7 Å². The first-order chi connectivity index (χ1) is 7.84. The van der Waals surface area contributed by atoms with Gasteiger partial charge in [-0.2, -0.15) is 0 Å². The van der Waals surface area contributed by atoms with Gasteiger partial charge in [-0.1, -0.05) is 36.4 Å². The zero-order chi connectivity index (χ0) is 11.2. The highest BCUT2D eigenvalue weighted by molar-refractivity contribution is 7.88. The maximum Gasteiger partial charge on any atom is 0.0905 e. The molecule has 3 nitrogen and oxygen atoms in total. The van der Waals surface area contributed by atoms with E-state index in [2.05, 4.69) is 9.44 Å². The van der Waals surface area contributed by atoms with Crippen molar-refractivity contribution in [1.29, 1.82) is 4.78 Å². The summed E-state index contributed by atoms with van der Waals surface area (Å²) in [6.45, 7) is 0. The van der Waals surface area contributed by atoms with E-state index >= 15 is 0 Å². The Morgan fingerprint density at radius 2 is 1.06 bits per heavy atom. The Hall–Kier alpha value is -1.81. The SMILES string of the molecule is N=S(Nc1ccccc1)Nc1ccccc1. The molecule has 0 atom stereocenters. The van der Waals surface area contributed by atoms with Gasteiger partial charge in [-0.25, -0.2) is 4.78 Å². The number of hydrogen-bond donors (Lipinski definition) is 3. The average Bonchev–Trinajstić information content (AvgIpc) is 2.31. The van der Waals surface area contributed by atoms with Gasteiger partial charge in [0.25, 0.3) is 0 Å². The Bertz CT molecular complexity index is 413. The molecule has 0 amide bonds. The molecule has 2 aromatic carbocycles. The van der Waals surface area contributed by atoms with Crippen molar-refractivity contribution in [2.45, 2.75) is 0 Å². The van der Waals surface area contributed by atoms with Crippen LogP contribution in [0.1, 0.15) is 0 Å². The summed E-state index contributed by atoms with van der Waals surface area (Å²) in [5, 5.41) is 0. The molecule has 0 aromatic heterocycles. The third-order valence-corrected chi connectivity index (χ3v) is 2.87. The van der Waals surface area contributed by atoms with E-state index in [0.29, 0.717) is 0 Å². The first-order valence-electron chi connectivity index (χ1n) is 4.93. The third kappa shape index (κ3) is 3.10. The van der Waals surface area contributed by atoms with Crippen LogP contribution in [0.25, 0.3) is 0 Å². The average molecular weight is 231 g/mol. The summed E-state index contributed by atoms with van der Waals surface area (Å²) >= 11 is -0.822. The van der Waals surface area contributed by atoms with Crippen molar-refractivity contribution in [1.82, 2.24) is 0 Å². The molecule has 0 bridgehead atoms. The fourth-order valence-corrected chi connectivity index (χ4v) is 2.07. The minimum Gasteiger partial charge on any atom is -0.305 e. The van der Waals surface area contributed by atoms with Crippen LogP contribution in [0.15, 0.2) is 60.7 Å². The first-order valence-corrected chi connectivity index (χ1v) is 6.16. The van der Waals surface area contributed by atoms with Crippen LogP contribution in [0.3, 0.4) is 0 Å². The van der Waals surface area contributed by atoms with Gasteiger partial charge in [0.1, 0.15) is 0 Å². The van der Waals surface area contributed by atoms with Gasteiger partial charge in [0, 0.05) is 11.4 Å². The van der Waals surface area contributed by atoms with E-state index in [9.17, 15) is 0 Å². The molecule has 16 heavy (non-hydrogen) atoms. The quantitative estimate of drug-likeness (QED) is 0.755. The molecule has 3 N–H and O–H groups in total. The van der Waals surface area contributed by atoms with Gasteiger partial charge >= 0.3 is 0 Å². The minimum absolute atomic E-state index is 0.822. The summed E-state index contributed by atoms with van der Waals surface area (Å²) < 4.78 is 14.0. The van der Waals surface area contributed by atoms with Gasteiger partial charge in [0.2, 0.25) is 0 Å². The Morgan fingerprint density at radius 3 is 1.44 bits per heavy atom. The molecule has 2 aromatic rings. The maximum absolute atomic E-state index is 7.85. The highest BCUT2D eigenvalue weighted by Crippen LogP contribution is 2.10. The molecule has 0 unspecified atom stereocenters. The number of nitrogens with one attached hydrogen (secondary N) is 3. The summed E-state index contributed by atoms with van der Waals surface area (Å²) in [7, 11) is 0. The minimum atomic E-state index is -0.822. The molecule has 2 rings (SSSR count). The predicted octanol–water partition coefficient (Wildman–Crippen LogP) is 3.42. The summed E-state index contributed by atoms with van der Waals surface area (Å²) in [6.07, 6.45) is 0. The van der Waals surface area contributed by atoms with Crippen LogP contribution >= 0.6 is 0 Å². The molecule has 82 valence electrons. The lowest BCUT2D eigenvalue weighted by Crippen LogP contribution is -2.11. The number of benzene rings is 2. The second-order valence-electron chi connectivity index (χ2n) is 3.24. The van der Waals surface area contributed by atoms with Crippen LogP contribution in [0.4, 0.5) is 11.4 Å². The van der Waals surface area contributed by atoms with Gasteiger partial charge in [-0.15, -0.1) is 0 Å². The molecule has 0 fully saturated rings. The lowest BCUT2D eigenvalue weighted by atomic mass is 10.3. The van der Waals surface area contributed by atoms with Gasteiger partial charge in [-0.3, -0.25) is 0 Å². The molecule has 4 heteroatoms. The normalized spacial score (nSPS) is 10.1. The highest BCUT2D eigenvalue weighted by atomic mass is 32.2. The van der Waals surface area contributed by atoms with Crippen LogP contribution < -0.4 is 9.44 Å². The van der Waals surface area contributed by atoms with E-state index in [1.165, 1.54) is 0 Å². The summed E-state index contributed by atoms with van der Waals surface area (Å²) in [4.78, 5) is 0. The van der Waals surface area contributed by atoms with Gasteiger partial charge in [0.05, 0.1) is 11.1 Å². The predicted molar refractivity (Wildman–Crippen MR) is 70.2 cm³/mol. The molecule has 0 saturated carbocycles. The van der Waals surface area contributed by atoms with E-state index in [1.54, 1.807) is 0 Å². The van der Waals surface area contributed by atoms with Gasteiger partial charge in [-0.05, 0) is 24.3 Å². The largest absolute Gasteiger partial charge is 0.305 e. The van der Waals surface area contributed by atoms with Crippen molar-refractivity contribution >= 4 is 22.4 Å². The van der Waals surface area contributed by atoms with E-state index in [0.717, 1.165) is 11.4 Å². The Morgan fingerprint density at radius 1 is 0.688 bits per heavy atom. The van der Waals surface area contributed by atoms with Crippen LogP contribution in [0.5, 0.6) is 0 Å². The van der Waals surface area contributed by atoms with Crippen molar-refractivity contribution in [3.05, 3.63) is 60.7 Å². The number of hydrogen-bond acceptors (Lipinski definition) is 1. The van der Waals surface area contributed by atoms with E-state index in [-0.39, 0.29) is 0 Å². The Labute approximate surface area is 97.7 Å².